The molecule has 20 radical (unpaired) electrons. The minimum absolute atomic E-state index is 0.0121. The van der Waals surface area contributed by atoms with Gasteiger partial charge in [-0.1, -0.05) is 76.4 Å². The van der Waals surface area contributed by atoms with Gasteiger partial charge >= 0.3 is 0 Å². The molecule has 0 N–H and O–H groups in total. The summed E-state index contributed by atoms with van der Waals surface area (Å²) in [4.78, 5) is 14.5. The van der Waals surface area contributed by atoms with Crippen LogP contribution in [0.3, 0.4) is 0 Å². The molecular weight excluding hydrogens is 667 g/mol. The highest BCUT2D eigenvalue weighted by Gasteiger charge is 2.23. The van der Waals surface area contributed by atoms with Gasteiger partial charge in [-0.2, -0.15) is 0 Å². The van der Waals surface area contributed by atoms with E-state index in [0.29, 0.717) is 16.7 Å². The van der Waals surface area contributed by atoms with E-state index < -0.39 is 0 Å². The second-order valence-electron chi connectivity index (χ2n) is 13.0. The molecule has 6 aromatic carbocycles. The van der Waals surface area contributed by atoms with Crippen LogP contribution in [-0.4, -0.2) is 93.4 Å². The van der Waals surface area contributed by atoms with E-state index in [1.807, 2.05) is 24.3 Å². The van der Waals surface area contributed by atoms with E-state index in [4.69, 9.17) is 97.8 Å². The number of hydrogen-bond acceptors (Lipinski definition) is 5. The fraction of sp³-hybridized carbons (Fsp3) is 0. The van der Waals surface area contributed by atoms with Crippen LogP contribution < -0.4 is 54.6 Å². The lowest BCUT2D eigenvalue weighted by Gasteiger charge is -2.22. The van der Waals surface area contributed by atoms with Gasteiger partial charge in [-0.3, -0.25) is 0 Å². The highest BCUT2D eigenvalue weighted by molar-refractivity contribution is 7.26. The average Bonchev–Trinajstić information content (AvgIpc) is 3.76. The first-order valence-electron chi connectivity index (χ1n) is 16.6. The molecule has 54 heavy (non-hydrogen) atoms. The second kappa shape index (κ2) is 12.8. The third kappa shape index (κ3) is 5.15. The van der Waals surface area contributed by atoms with E-state index in [1.165, 1.54) is 20.2 Å². The SMILES string of the molecule is [B]c1c([B])c([B])c(-c2nc(-c3c([B])c([B])c([B])c([B])c3[B])nc(-c3cccc4oc5ccc(-c6cccc7c6sc6ccccc67)cc5c34)n2)c([B])c1[B]. The van der Waals surface area contributed by atoms with Crippen molar-refractivity contribution in [2.75, 3.05) is 0 Å². The van der Waals surface area contributed by atoms with Crippen LogP contribution >= 0.6 is 11.3 Å². The van der Waals surface area contributed by atoms with Crippen molar-refractivity contribution >= 4 is 187 Å². The van der Waals surface area contributed by atoms with Crippen LogP contribution in [0.25, 0.3) is 87.4 Å². The molecule has 3 aromatic heterocycles. The van der Waals surface area contributed by atoms with Crippen LogP contribution in [-0.2, 0) is 0 Å². The third-order valence-corrected chi connectivity index (χ3v) is 11.2. The molecule has 0 aliphatic heterocycles. The van der Waals surface area contributed by atoms with Crippen LogP contribution in [0.4, 0.5) is 0 Å². The molecule has 3 heterocycles. The monoisotopic (exact) mass is 681 g/mol. The summed E-state index contributed by atoms with van der Waals surface area (Å²) in [5.41, 5.74) is 4.47. The Bertz CT molecular complexity index is 2940. The molecule has 0 aliphatic carbocycles. The molecule has 0 spiro atoms. The third-order valence-electron chi connectivity index (χ3n) is 9.93. The van der Waals surface area contributed by atoms with Gasteiger partial charge in [-0.15, -0.1) is 44.1 Å². The maximum atomic E-state index is 6.51. The van der Waals surface area contributed by atoms with Crippen LogP contribution in [0.1, 0.15) is 0 Å². The van der Waals surface area contributed by atoms with E-state index in [9.17, 15) is 0 Å². The van der Waals surface area contributed by atoms with Gasteiger partial charge in [0.05, 0.1) is 0 Å². The van der Waals surface area contributed by atoms with Crippen molar-refractivity contribution in [2.45, 2.75) is 0 Å². The Balaban J connectivity index is 1.33. The lowest BCUT2D eigenvalue weighted by Crippen LogP contribution is -2.55. The number of nitrogens with zero attached hydrogens (tertiary/aromatic N) is 3. The molecule has 0 bridgehead atoms. The number of fused-ring (bicyclic) bond motifs is 6. The van der Waals surface area contributed by atoms with Gasteiger partial charge in [0.1, 0.15) is 89.6 Å². The largest absolute Gasteiger partial charge is 0.456 e. The summed E-state index contributed by atoms with van der Waals surface area (Å²) < 4.78 is 8.80. The Kier molecular flexibility index (Phi) is 8.24. The molecule has 9 aromatic rings. The Hall–Kier alpha value is -5.00. The molecular formula is C39H13B10N3OS. The average molecular weight is 680 g/mol. The van der Waals surface area contributed by atoms with E-state index in [1.54, 1.807) is 11.3 Å². The summed E-state index contributed by atoms with van der Waals surface area (Å²) in [5.74, 6) is 0.219. The first-order valence-corrected chi connectivity index (χ1v) is 17.4. The lowest BCUT2D eigenvalue weighted by molar-refractivity contribution is 0.669. The Morgan fingerprint density at radius 1 is 0.426 bits per heavy atom. The molecule has 4 nitrogen and oxygen atoms in total. The van der Waals surface area contributed by atoms with Crippen LogP contribution in [0.15, 0.2) is 83.3 Å². The zero-order chi connectivity index (χ0) is 37.7. The lowest BCUT2D eigenvalue weighted by atomic mass is 9.60. The van der Waals surface area contributed by atoms with E-state index >= 15 is 0 Å². The van der Waals surface area contributed by atoms with Crippen LogP contribution in [0.5, 0.6) is 0 Å². The Morgan fingerprint density at radius 3 is 1.57 bits per heavy atom. The van der Waals surface area contributed by atoms with Gasteiger partial charge in [0.25, 0.3) is 0 Å². The minimum atomic E-state index is 0.0121. The van der Waals surface area contributed by atoms with Crippen molar-refractivity contribution in [3.8, 4) is 45.3 Å². The number of furan rings is 1. The molecule has 226 valence electrons. The minimum Gasteiger partial charge on any atom is -0.456 e. The number of thiophene rings is 1. The van der Waals surface area contributed by atoms with Gasteiger partial charge in [0, 0.05) is 47.6 Å². The molecule has 0 saturated carbocycles. The Labute approximate surface area is 328 Å². The summed E-state index contributed by atoms with van der Waals surface area (Å²) in [5, 5.41) is 3.99. The quantitative estimate of drug-likeness (QED) is 0.219. The summed E-state index contributed by atoms with van der Waals surface area (Å²) >= 11 is 1.76. The first kappa shape index (κ1) is 34.7. The summed E-state index contributed by atoms with van der Waals surface area (Å²) in [6.07, 6.45) is 0. The maximum absolute atomic E-state index is 6.51. The fourth-order valence-electron chi connectivity index (χ4n) is 7.06. The number of benzene rings is 6. The molecule has 0 aliphatic rings. The van der Waals surface area contributed by atoms with E-state index in [0.717, 1.165) is 21.9 Å². The summed E-state index contributed by atoms with van der Waals surface area (Å²) in [7, 11) is 63.4. The smallest absolute Gasteiger partial charge is 0.164 e. The van der Waals surface area contributed by atoms with Gasteiger partial charge in [0.2, 0.25) is 0 Å². The number of aromatic nitrogens is 3. The van der Waals surface area contributed by atoms with Crippen LogP contribution in [0.2, 0.25) is 0 Å². The van der Waals surface area contributed by atoms with E-state index in [2.05, 4.69) is 54.6 Å². The topological polar surface area (TPSA) is 51.8 Å². The highest BCUT2D eigenvalue weighted by atomic mass is 32.1. The van der Waals surface area contributed by atoms with Crippen molar-refractivity contribution in [1.82, 2.24) is 15.0 Å². The predicted molar refractivity (Wildman–Crippen MR) is 236 cm³/mol. The summed E-state index contributed by atoms with van der Waals surface area (Å²) in [6.45, 7) is 0. The zero-order valence-electron chi connectivity index (χ0n) is 28.4. The summed E-state index contributed by atoms with van der Waals surface area (Å²) in [6, 6.07) is 26.5. The van der Waals surface area contributed by atoms with Gasteiger partial charge in [0.15, 0.2) is 17.5 Å². The predicted octanol–water partition coefficient (Wildman–Crippen LogP) is -1.26. The first-order chi connectivity index (χ1) is 25.9. The second-order valence-corrected chi connectivity index (χ2v) is 14.0. The van der Waals surface area contributed by atoms with E-state index in [-0.39, 0.29) is 83.2 Å². The number of hydrogen-bond donors (Lipinski definition) is 0. The molecule has 0 fully saturated rings. The molecule has 9 rings (SSSR count). The normalized spacial score (nSPS) is 11.7. The zero-order valence-corrected chi connectivity index (χ0v) is 29.3. The maximum Gasteiger partial charge on any atom is 0.164 e. The van der Waals surface area contributed by atoms with Gasteiger partial charge in [-0.25, -0.2) is 15.0 Å². The van der Waals surface area contributed by atoms with Crippen molar-refractivity contribution in [3.63, 3.8) is 0 Å². The Morgan fingerprint density at radius 2 is 0.944 bits per heavy atom. The van der Waals surface area contributed by atoms with Crippen molar-refractivity contribution in [3.05, 3.63) is 78.9 Å². The fourth-order valence-corrected chi connectivity index (χ4v) is 8.29. The van der Waals surface area contributed by atoms with Gasteiger partial charge < -0.3 is 4.42 Å². The molecule has 0 amide bonds. The highest BCUT2D eigenvalue weighted by Crippen LogP contribution is 2.42. The van der Waals surface area contributed by atoms with Gasteiger partial charge in [-0.05, 0) is 35.4 Å². The molecule has 0 unspecified atom stereocenters. The van der Waals surface area contributed by atoms with Crippen molar-refractivity contribution in [1.29, 1.82) is 0 Å². The molecule has 15 heteroatoms. The number of rotatable bonds is 4. The standard InChI is InChI=1S/C39H13B10N3OS/c40-26-24(27(41)31(45)34(48)30(26)44)38-50-37(51-39(52-38)25-28(42)32(46)35(49)33(47)29(25)43)18-8-4-9-21-23(18)19-13-14(11-12-20(19)53-21)15-6-3-7-17-16-5-1-2-10-22(16)54-36(15)17/h1-13H. The molecule has 0 atom stereocenters. The van der Waals surface area contributed by atoms with Crippen LogP contribution in [0, 0.1) is 0 Å². The molecule has 0 saturated heterocycles. The van der Waals surface area contributed by atoms with Crippen molar-refractivity contribution < 1.29 is 4.42 Å². The van der Waals surface area contributed by atoms with Crippen molar-refractivity contribution in [2.24, 2.45) is 0 Å².